The number of benzene rings is 2. The monoisotopic (exact) mass is 496 g/mol. The number of thioether (sulfide) groups is 1. The van der Waals surface area contributed by atoms with Crippen LogP contribution < -0.4 is 9.47 Å². The number of carboxylic acids is 1. The average molecular weight is 498 g/mol. The first-order valence-corrected chi connectivity index (χ1v) is 10.0. The van der Waals surface area contributed by atoms with Gasteiger partial charge in [0.2, 0.25) is 0 Å². The van der Waals surface area contributed by atoms with Gasteiger partial charge in [0.05, 0.1) is 19.8 Å². The largest absolute Gasteiger partial charge is 0.496 e. The molecule has 0 bridgehead atoms. The average Bonchev–Trinajstić information content (AvgIpc) is 3.16. The van der Waals surface area contributed by atoms with Gasteiger partial charge in [-0.05, 0) is 54.2 Å². The Morgan fingerprint density at radius 1 is 1.17 bits per heavy atom. The van der Waals surface area contributed by atoms with Gasteiger partial charge in [-0.25, -0.2) is 4.79 Å². The van der Waals surface area contributed by atoms with Crippen LogP contribution in [0.15, 0.2) is 55.4 Å². The number of methoxy groups -OCH3 is 2. The lowest BCUT2D eigenvalue weighted by Gasteiger charge is -2.06. The SMILES string of the molecule is COc1ccc(Br)cc1/C=C(\Sc1nnc(-c2cc(Cl)ccc2OC)o1)C(=O)O. The van der Waals surface area contributed by atoms with Crippen LogP contribution in [0.25, 0.3) is 17.5 Å². The van der Waals surface area contributed by atoms with Crippen molar-refractivity contribution in [3.63, 3.8) is 0 Å². The van der Waals surface area contributed by atoms with E-state index in [9.17, 15) is 9.90 Å². The highest BCUT2D eigenvalue weighted by atomic mass is 79.9. The Morgan fingerprint density at radius 3 is 2.59 bits per heavy atom. The Morgan fingerprint density at radius 2 is 1.90 bits per heavy atom. The zero-order chi connectivity index (χ0) is 21.0. The minimum Gasteiger partial charge on any atom is -0.496 e. The zero-order valence-corrected chi connectivity index (χ0v) is 18.3. The summed E-state index contributed by atoms with van der Waals surface area (Å²) in [5, 5.41) is 18.0. The van der Waals surface area contributed by atoms with Crippen LogP contribution in [0.3, 0.4) is 0 Å². The van der Waals surface area contributed by atoms with Crippen LogP contribution in [-0.4, -0.2) is 35.5 Å². The van der Waals surface area contributed by atoms with E-state index in [1.165, 1.54) is 20.3 Å². The van der Waals surface area contributed by atoms with Crippen LogP contribution in [0, 0.1) is 0 Å². The van der Waals surface area contributed by atoms with Gasteiger partial charge < -0.3 is 19.0 Å². The van der Waals surface area contributed by atoms with Crippen molar-refractivity contribution >= 4 is 51.3 Å². The maximum absolute atomic E-state index is 11.7. The van der Waals surface area contributed by atoms with Crippen molar-refractivity contribution < 1.29 is 23.8 Å². The smallest absolute Gasteiger partial charge is 0.342 e. The highest BCUT2D eigenvalue weighted by Crippen LogP contribution is 2.36. The number of nitrogens with zero attached hydrogens (tertiary/aromatic N) is 2. The normalized spacial score (nSPS) is 11.4. The molecular formula is C19H14BrClN2O5S. The molecule has 0 unspecified atom stereocenters. The highest BCUT2D eigenvalue weighted by Gasteiger charge is 2.19. The number of aliphatic carboxylic acids is 1. The molecule has 0 aliphatic carbocycles. The van der Waals surface area contributed by atoms with Crippen LogP contribution in [-0.2, 0) is 4.79 Å². The lowest BCUT2D eigenvalue weighted by Crippen LogP contribution is -1.97. The Hall–Kier alpha value is -2.49. The van der Waals surface area contributed by atoms with E-state index in [1.54, 1.807) is 36.4 Å². The first-order valence-electron chi connectivity index (χ1n) is 8.05. The molecule has 10 heteroatoms. The molecule has 0 radical (unpaired) electrons. The van der Waals surface area contributed by atoms with Gasteiger partial charge in [-0.3, -0.25) is 0 Å². The van der Waals surface area contributed by atoms with E-state index in [0.717, 1.165) is 16.2 Å². The fraction of sp³-hybridized carbons (Fsp3) is 0.105. The van der Waals surface area contributed by atoms with Crippen molar-refractivity contribution in [1.29, 1.82) is 0 Å². The Balaban J connectivity index is 1.93. The molecule has 0 saturated heterocycles. The van der Waals surface area contributed by atoms with Crippen molar-refractivity contribution in [3.8, 4) is 23.0 Å². The molecule has 7 nitrogen and oxygen atoms in total. The summed E-state index contributed by atoms with van der Waals surface area (Å²) in [4.78, 5) is 11.7. The third-order valence-electron chi connectivity index (χ3n) is 3.68. The molecule has 1 N–H and O–H groups in total. The van der Waals surface area contributed by atoms with Gasteiger partial charge in [-0.15, -0.1) is 10.2 Å². The molecule has 1 heterocycles. The summed E-state index contributed by atoms with van der Waals surface area (Å²) in [6.45, 7) is 0. The molecule has 150 valence electrons. The number of ether oxygens (including phenoxy) is 2. The van der Waals surface area contributed by atoms with Crippen molar-refractivity contribution in [1.82, 2.24) is 10.2 Å². The summed E-state index contributed by atoms with van der Waals surface area (Å²) in [7, 11) is 3.02. The van der Waals surface area contributed by atoms with E-state index in [2.05, 4.69) is 26.1 Å². The quantitative estimate of drug-likeness (QED) is 0.343. The third-order valence-corrected chi connectivity index (χ3v) is 5.27. The van der Waals surface area contributed by atoms with E-state index >= 15 is 0 Å². The van der Waals surface area contributed by atoms with E-state index in [4.69, 9.17) is 25.5 Å². The number of carbonyl (C=O) groups is 1. The summed E-state index contributed by atoms with van der Waals surface area (Å²) >= 11 is 10.2. The number of rotatable bonds is 7. The van der Waals surface area contributed by atoms with E-state index in [0.29, 0.717) is 27.6 Å². The molecule has 3 rings (SSSR count). The summed E-state index contributed by atoms with van der Waals surface area (Å²) in [5.41, 5.74) is 1.09. The van der Waals surface area contributed by atoms with Crippen molar-refractivity contribution in [2.75, 3.05) is 14.2 Å². The third kappa shape index (κ3) is 5.11. The first kappa shape index (κ1) is 21.2. The fourth-order valence-electron chi connectivity index (χ4n) is 2.40. The zero-order valence-electron chi connectivity index (χ0n) is 15.2. The van der Waals surface area contributed by atoms with Gasteiger partial charge in [0.1, 0.15) is 16.4 Å². The molecule has 0 spiro atoms. The van der Waals surface area contributed by atoms with Crippen molar-refractivity contribution in [2.24, 2.45) is 0 Å². The van der Waals surface area contributed by atoms with Crippen LogP contribution in [0.5, 0.6) is 11.5 Å². The molecular weight excluding hydrogens is 484 g/mol. The molecule has 0 saturated carbocycles. The van der Waals surface area contributed by atoms with E-state index < -0.39 is 5.97 Å². The number of aromatic nitrogens is 2. The van der Waals surface area contributed by atoms with E-state index in [-0.39, 0.29) is 16.0 Å². The summed E-state index contributed by atoms with van der Waals surface area (Å²) in [6, 6.07) is 10.3. The topological polar surface area (TPSA) is 94.7 Å². The van der Waals surface area contributed by atoms with Gasteiger partial charge in [0.25, 0.3) is 11.1 Å². The van der Waals surface area contributed by atoms with Gasteiger partial charge in [-0.1, -0.05) is 27.5 Å². The van der Waals surface area contributed by atoms with Gasteiger partial charge >= 0.3 is 5.97 Å². The Kier molecular flexibility index (Phi) is 6.83. The fourth-order valence-corrected chi connectivity index (χ4v) is 3.61. The molecule has 0 atom stereocenters. The van der Waals surface area contributed by atoms with Crippen molar-refractivity contribution in [2.45, 2.75) is 5.22 Å². The molecule has 1 aromatic heterocycles. The van der Waals surface area contributed by atoms with Crippen molar-refractivity contribution in [3.05, 3.63) is 56.4 Å². The molecule has 2 aromatic carbocycles. The number of halogens is 2. The molecule has 29 heavy (non-hydrogen) atoms. The van der Waals surface area contributed by atoms with Crippen LogP contribution in [0.1, 0.15) is 5.56 Å². The predicted molar refractivity (Wildman–Crippen MR) is 113 cm³/mol. The lowest BCUT2D eigenvalue weighted by atomic mass is 10.2. The van der Waals surface area contributed by atoms with Crippen LogP contribution in [0.2, 0.25) is 5.02 Å². The second-order valence-electron chi connectivity index (χ2n) is 5.52. The minimum atomic E-state index is -1.14. The van der Waals surface area contributed by atoms with Crippen LogP contribution in [0.4, 0.5) is 0 Å². The van der Waals surface area contributed by atoms with Gasteiger partial charge in [-0.2, -0.15) is 0 Å². The molecule has 0 aliphatic rings. The number of carboxylic acid groups (broad SMARTS) is 1. The Bertz CT molecular complexity index is 1090. The first-order chi connectivity index (χ1) is 13.9. The molecule has 0 aliphatic heterocycles. The summed E-state index contributed by atoms with van der Waals surface area (Å²) < 4.78 is 17.0. The maximum atomic E-state index is 11.7. The van der Waals surface area contributed by atoms with Gasteiger partial charge in [0, 0.05) is 15.1 Å². The number of hydrogen-bond donors (Lipinski definition) is 1. The number of hydrogen-bond acceptors (Lipinski definition) is 7. The molecule has 0 amide bonds. The van der Waals surface area contributed by atoms with Crippen LogP contribution >= 0.6 is 39.3 Å². The lowest BCUT2D eigenvalue weighted by molar-refractivity contribution is -0.131. The summed E-state index contributed by atoms with van der Waals surface area (Å²) in [5.74, 6) is 0.0543. The molecule has 3 aromatic rings. The minimum absolute atomic E-state index is 0.0188. The maximum Gasteiger partial charge on any atom is 0.342 e. The Labute approximate surface area is 183 Å². The predicted octanol–water partition coefficient (Wildman–Crippen LogP) is 5.39. The summed E-state index contributed by atoms with van der Waals surface area (Å²) in [6.07, 6.45) is 1.47. The van der Waals surface area contributed by atoms with Gasteiger partial charge in [0.15, 0.2) is 0 Å². The second-order valence-corrected chi connectivity index (χ2v) is 7.87. The second kappa shape index (κ2) is 9.34. The molecule has 0 fully saturated rings. The highest BCUT2D eigenvalue weighted by molar-refractivity contribution is 9.10. The standard InChI is InChI=1S/C19H14BrClN2O5S/c1-26-14-5-3-11(20)7-10(14)8-16(18(24)25)29-19-23-22-17(28-19)13-9-12(21)4-6-15(13)27-2/h3-9H,1-2H3,(H,24,25)/b16-8-. The van der Waals surface area contributed by atoms with E-state index in [1.807, 2.05) is 0 Å².